The third-order valence-electron chi connectivity index (χ3n) is 3.99. The van der Waals surface area contributed by atoms with Gasteiger partial charge in [0, 0.05) is 36.1 Å². The molecule has 1 atom stereocenters. The molecule has 1 heterocycles. The van der Waals surface area contributed by atoms with Crippen molar-refractivity contribution < 1.29 is 9.59 Å². The van der Waals surface area contributed by atoms with E-state index in [0.717, 1.165) is 19.4 Å². The van der Waals surface area contributed by atoms with Crippen LogP contribution in [0.1, 0.15) is 37.0 Å². The molecule has 2 rings (SSSR count). The Morgan fingerprint density at radius 3 is 2.64 bits per heavy atom. The molecule has 2 amide bonds. The van der Waals surface area contributed by atoms with Crippen LogP contribution in [-0.4, -0.2) is 36.3 Å². The van der Waals surface area contributed by atoms with Gasteiger partial charge in [-0.1, -0.05) is 25.4 Å². The van der Waals surface area contributed by atoms with Gasteiger partial charge < -0.3 is 10.2 Å². The van der Waals surface area contributed by atoms with Gasteiger partial charge in [-0.3, -0.25) is 9.59 Å². The van der Waals surface area contributed by atoms with E-state index < -0.39 is 0 Å². The van der Waals surface area contributed by atoms with Gasteiger partial charge in [0.25, 0.3) is 5.91 Å². The summed E-state index contributed by atoms with van der Waals surface area (Å²) in [5, 5.41) is 3.59. The van der Waals surface area contributed by atoms with E-state index in [1.807, 2.05) is 18.7 Å². The van der Waals surface area contributed by atoms with Crippen molar-refractivity contribution in [3.63, 3.8) is 0 Å². The molecule has 1 aliphatic rings. The number of amides is 2. The molecule has 1 unspecified atom stereocenters. The maximum atomic E-state index is 12.5. The quantitative estimate of drug-likeness (QED) is 0.926. The summed E-state index contributed by atoms with van der Waals surface area (Å²) >= 11 is 5.86. The van der Waals surface area contributed by atoms with E-state index in [2.05, 4.69) is 5.32 Å². The third-order valence-corrected chi connectivity index (χ3v) is 4.24. The molecule has 0 bridgehead atoms. The molecule has 120 valence electrons. The van der Waals surface area contributed by atoms with Crippen LogP contribution in [0.3, 0.4) is 0 Å². The van der Waals surface area contributed by atoms with Crippen molar-refractivity contribution in [2.24, 2.45) is 11.8 Å². The van der Waals surface area contributed by atoms with E-state index >= 15 is 0 Å². The van der Waals surface area contributed by atoms with Crippen molar-refractivity contribution in [1.29, 1.82) is 0 Å². The maximum Gasteiger partial charge on any atom is 0.253 e. The summed E-state index contributed by atoms with van der Waals surface area (Å²) in [4.78, 5) is 26.0. The smallest absolute Gasteiger partial charge is 0.253 e. The van der Waals surface area contributed by atoms with Crippen LogP contribution in [0, 0.1) is 11.8 Å². The summed E-state index contributed by atoms with van der Waals surface area (Å²) in [6, 6.07) is 6.99. The fourth-order valence-electron chi connectivity index (χ4n) is 2.64. The predicted octanol–water partition coefficient (Wildman–Crippen LogP) is 2.96. The molecular weight excluding hydrogens is 300 g/mol. The van der Waals surface area contributed by atoms with Crippen molar-refractivity contribution in [3.05, 3.63) is 34.9 Å². The second-order valence-electron chi connectivity index (χ2n) is 6.17. The van der Waals surface area contributed by atoms with Crippen LogP contribution >= 0.6 is 11.6 Å². The normalized spacial score (nSPS) is 18.4. The molecule has 0 spiro atoms. The first-order valence-corrected chi connectivity index (χ1v) is 8.17. The van der Waals surface area contributed by atoms with Gasteiger partial charge in [-0.15, -0.1) is 0 Å². The number of rotatable bonds is 4. The second kappa shape index (κ2) is 7.63. The van der Waals surface area contributed by atoms with Crippen LogP contribution in [0.4, 0.5) is 0 Å². The number of hydrogen-bond acceptors (Lipinski definition) is 2. The predicted molar refractivity (Wildman–Crippen MR) is 87.9 cm³/mol. The van der Waals surface area contributed by atoms with Crippen molar-refractivity contribution in [2.75, 3.05) is 19.6 Å². The molecule has 1 aromatic rings. The minimum atomic E-state index is -0.00427. The van der Waals surface area contributed by atoms with Crippen molar-refractivity contribution in [3.8, 4) is 0 Å². The molecule has 1 aliphatic heterocycles. The topological polar surface area (TPSA) is 49.4 Å². The molecule has 1 fully saturated rings. The van der Waals surface area contributed by atoms with Gasteiger partial charge in [0.1, 0.15) is 0 Å². The SMILES string of the molecule is CC(C)C(=O)NCC1CCCN(C(=O)c2ccc(Cl)cc2)C1. The zero-order valence-electron chi connectivity index (χ0n) is 13.1. The number of hydrogen-bond donors (Lipinski definition) is 1. The molecule has 1 saturated heterocycles. The molecule has 1 N–H and O–H groups in total. The lowest BCUT2D eigenvalue weighted by molar-refractivity contribution is -0.124. The van der Waals surface area contributed by atoms with Gasteiger partial charge in [0.2, 0.25) is 5.91 Å². The number of nitrogens with zero attached hydrogens (tertiary/aromatic N) is 1. The second-order valence-corrected chi connectivity index (χ2v) is 6.60. The van der Waals surface area contributed by atoms with E-state index in [1.165, 1.54) is 0 Å². The monoisotopic (exact) mass is 322 g/mol. The Morgan fingerprint density at radius 1 is 1.32 bits per heavy atom. The van der Waals surface area contributed by atoms with Crippen LogP contribution in [-0.2, 0) is 4.79 Å². The number of piperidine rings is 1. The highest BCUT2D eigenvalue weighted by Gasteiger charge is 2.24. The first-order valence-electron chi connectivity index (χ1n) is 7.80. The minimum absolute atomic E-state index is 0.00427. The van der Waals surface area contributed by atoms with Crippen LogP contribution in [0.25, 0.3) is 0 Å². The lowest BCUT2D eigenvalue weighted by atomic mass is 9.97. The summed E-state index contributed by atoms with van der Waals surface area (Å²) in [5.74, 6) is 0.431. The summed E-state index contributed by atoms with van der Waals surface area (Å²) in [6.07, 6.45) is 2.02. The Morgan fingerprint density at radius 2 is 2.00 bits per heavy atom. The maximum absolute atomic E-state index is 12.5. The Balaban J connectivity index is 1.91. The summed E-state index contributed by atoms with van der Waals surface area (Å²) in [5.41, 5.74) is 0.663. The molecule has 0 aliphatic carbocycles. The van der Waals surface area contributed by atoms with Crippen LogP contribution in [0.15, 0.2) is 24.3 Å². The Bertz CT molecular complexity index is 528. The summed E-state index contributed by atoms with van der Waals surface area (Å²) in [7, 11) is 0. The van der Waals surface area contributed by atoms with E-state index in [0.29, 0.717) is 29.6 Å². The lowest BCUT2D eigenvalue weighted by Crippen LogP contribution is -2.44. The largest absolute Gasteiger partial charge is 0.356 e. The standard InChI is InChI=1S/C17H23ClN2O2/c1-12(2)16(21)19-10-13-4-3-9-20(11-13)17(22)14-5-7-15(18)8-6-14/h5-8,12-13H,3-4,9-11H2,1-2H3,(H,19,21). The van der Waals surface area contributed by atoms with Gasteiger partial charge in [0.05, 0.1) is 0 Å². The average Bonchev–Trinajstić information content (AvgIpc) is 2.52. The molecule has 1 aromatic carbocycles. The van der Waals surface area contributed by atoms with E-state index in [9.17, 15) is 9.59 Å². The summed E-state index contributed by atoms with van der Waals surface area (Å²) < 4.78 is 0. The van der Waals surface area contributed by atoms with Crippen LogP contribution in [0.2, 0.25) is 5.02 Å². The molecular formula is C17H23ClN2O2. The van der Waals surface area contributed by atoms with E-state index in [4.69, 9.17) is 11.6 Å². The number of benzene rings is 1. The highest BCUT2D eigenvalue weighted by molar-refractivity contribution is 6.30. The molecule has 22 heavy (non-hydrogen) atoms. The Kier molecular flexibility index (Phi) is 5.83. The van der Waals surface area contributed by atoms with Gasteiger partial charge in [-0.2, -0.15) is 0 Å². The molecule has 0 aromatic heterocycles. The molecule has 0 radical (unpaired) electrons. The van der Waals surface area contributed by atoms with E-state index in [1.54, 1.807) is 24.3 Å². The third kappa shape index (κ3) is 4.47. The fourth-order valence-corrected chi connectivity index (χ4v) is 2.77. The van der Waals surface area contributed by atoms with Gasteiger partial charge in [-0.25, -0.2) is 0 Å². The van der Waals surface area contributed by atoms with Crippen LogP contribution < -0.4 is 5.32 Å². The lowest BCUT2D eigenvalue weighted by Gasteiger charge is -2.33. The molecule has 4 nitrogen and oxygen atoms in total. The van der Waals surface area contributed by atoms with Crippen molar-refractivity contribution >= 4 is 23.4 Å². The Labute approximate surface area is 136 Å². The first kappa shape index (κ1) is 16.8. The first-order chi connectivity index (χ1) is 10.5. The number of halogens is 1. The van der Waals surface area contributed by atoms with Crippen LogP contribution in [0.5, 0.6) is 0 Å². The fraction of sp³-hybridized carbons (Fsp3) is 0.529. The van der Waals surface area contributed by atoms with Crippen molar-refractivity contribution in [2.45, 2.75) is 26.7 Å². The average molecular weight is 323 g/mol. The van der Waals surface area contributed by atoms with Gasteiger partial charge in [-0.05, 0) is 43.0 Å². The van der Waals surface area contributed by atoms with Gasteiger partial charge >= 0.3 is 0 Å². The number of carbonyl (C=O) groups excluding carboxylic acids is 2. The minimum Gasteiger partial charge on any atom is -0.356 e. The molecule has 0 saturated carbocycles. The number of likely N-dealkylation sites (tertiary alicyclic amines) is 1. The zero-order chi connectivity index (χ0) is 16.1. The number of carbonyl (C=O) groups is 2. The summed E-state index contributed by atoms with van der Waals surface area (Å²) in [6.45, 7) is 5.87. The van der Waals surface area contributed by atoms with Crippen molar-refractivity contribution in [1.82, 2.24) is 10.2 Å². The highest BCUT2D eigenvalue weighted by Crippen LogP contribution is 2.19. The van der Waals surface area contributed by atoms with Gasteiger partial charge in [0.15, 0.2) is 0 Å². The van der Waals surface area contributed by atoms with E-state index in [-0.39, 0.29) is 17.7 Å². The highest BCUT2D eigenvalue weighted by atomic mass is 35.5. The zero-order valence-corrected chi connectivity index (χ0v) is 13.9. The molecule has 5 heteroatoms. The number of nitrogens with one attached hydrogen (secondary N) is 1. The Hall–Kier alpha value is -1.55.